The highest BCUT2D eigenvalue weighted by atomic mass is 35.5. The molecule has 0 atom stereocenters. The zero-order valence-corrected chi connectivity index (χ0v) is 11.3. The number of anilines is 1. The van der Waals surface area contributed by atoms with E-state index in [1.807, 2.05) is 19.9 Å². The van der Waals surface area contributed by atoms with Gasteiger partial charge in [-0.25, -0.2) is 0 Å². The van der Waals surface area contributed by atoms with Crippen LogP contribution in [-0.4, -0.2) is 30.4 Å². The predicted molar refractivity (Wildman–Crippen MR) is 72.6 cm³/mol. The van der Waals surface area contributed by atoms with Crippen molar-refractivity contribution in [3.8, 4) is 6.07 Å². The van der Waals surface area contributed by atoms with E-state index in [4.69, 9.17) is 16.9 Å². The van der Waals surface area contributed by atoms with Crippen molar-refractivity contribution < 1.29 is 4.79 Å². The van der Waals surface area contributed by atoms with E-state index in [1.54, 1.807) is 23.1 Å². The second-order valence-electron chi connectivity index (χ2n) is 3.73. The van der Waals surface area contributed by atoms with Crippen LogP contribution in [0.5, 0.6) is 0 Å². The smallest absolute Gasteiger partial charge is 0.241 e. The van der Waals surface area contributed by atoms with Gasteiger partial charge in [-0.15, -0.1) is 0 Å². The molecule has 0 saturated carbocycles. The van der Waals surface area contributed by atoms with Gasteiger partial charge < -0.3 is 10.2 Å². The molecule has 1 rings (SSSR count). The molecule has 1 aromatic carbocycles. The molecule has 1 aromatic rings. The SMILES string of the molecule is CCN(CC)C(=O)CNc1ccc(C#N)c(Cl)c1. The fourth-order valence-corrected chi connectivity index (χ4v) is 1.80. The summed E-state index contributed by atoms with van der Waals surface area (Å²) in [5, 5.41) is 12.1. The van der Waals surface area contributed by atoms with Gasteiger partial charge in [-0.2, -0.15) is 5.26 Å². The molecule has 0 radical (unpaired) electrons. The molecule has 1 N–H and O–H groups in total. The van der Waals surface area contributed by atoms with Gasteiger partial charge in [0.05, 0.1) is 17.1 Å². The van der Waals surface area contributed by atoms with E-state index >= 15 is 0 Å². The van der Waals surface area contributed by atoms with Gasteiger partial charge in [0.25, 0.3) is 0 Å². The average molecular weight is 266 g/mol. The molecule has 0 bridgehead atoms. The lowest BCUT2D eigenvalue weighted by atomic mass is 10.2. The zero-order valence-electron chi connectivity index (χ0n) is 10.5. The lowest BCUT2D eigenvalue weighted by molar-refractivity contribution is -0.128. The number of hydrogen-bond donors (Lipinski definition) is 1. The van der Waals surface area contributed by atoms with Gasteiger partial charge in [-0.05, 0) is 32.0 Å². The molecule has 18 heavy (non-hydrogen) atoms. The van der Waals surface area contributed by atoms with E-state index in [1.165, 1.54) is 0 Å². The van der Waals surface area contributed by atoms with E-state index in [0.717, 1.165) is 5.69 Å². The number of carbonyl (C=O) groups is 1. The van der Waals surface area contributed by atoms with Gasteiger partial charge in [0.15, 0.2) is 0 Å². The maximum Gasteiger partial charge on any atom is 0.241 e. The maximum atomic E-state index is 11.8. The summed E-state index contributed by atoms with van der Waals surface area (Å²) in [6, 6.07) is 7.00. The molecule has 0 saturated heterocycles. The Morgan fingerprint density at radius 3 is 2.61 bits per heavy atom. The molecule has 0 fully saturated rings. The summed E-state index contributed by atoms with van der Waals surface area (Å²) in [5.41, 5.74) is 1.16. The molecule has 4 nitrogen and oxygen atoms in total. The van der Waals surface area contributed by atoms with Gasteiger partial charge in [0.1, 0.15) is 6.07 Å². The van der Waals surface area contributed by atoms with Crippen molar-refractivity contribution in [3.63, 3.8) is 0 Å². The standard InChI is InChI=1S/C13H16ClN3O/c1-3-17(4-2)13(18)9-16-11-6-5-10(8-15)12(14)7-11/h5-7,16H,3-4,9H2,1-2H3. The van der Waals surface area contributed by atoms with Crippen LogP contribution in [0.3, 0.4) is 0 Å². The van der Waals surface area contributed by atoms with Crippen LogP contribution in [0.4, 0.5) is 5.69 Å². The van der Waals surface area contributed by atoms with Gasteiger partial charge in [-0.3, -0.25) is 4.79 Å². The number of amides is 1. The molecule has 1 amide bonds. The first-order valence-electron chi connectivity index (χ1n) is 5.83. The van der Waals surface area contributed by atoms with Crippen molar-refractivity contribution >= 4 is 23.2 Å². The topological polar surface area (TPSA) is 56.1 Å². The number of hydrogen-bond acceptors (Lipinski definition) is 3. The van der Waals surface area contributed by atoms with Crippen LogP contribution >= 0.6 is 11.6 Å². The summed E-state index contributed by atoms with van der Waals surface area (Å²) in [5.74, 6) is 0.0421. The number of halogens is 1. The van der Waals surface area contributed by atoms with E-state index in [0.29, 0.717) is 23.7 Å². The summed E-state index contributed by atoms with van der Waals surface area (Å²) in [6.45, 7) is 5.51. The Labute approximate surface area is 112 Å². The second-order valence-corrected chi connectivity index (χ2v) is 4.13. The second kappa shape index (κ2) is 6.87. The minimum absolute atomic E-state index is 0.0421. The summed E-state index contributed by atoms with van der Waals surface area (Å²) < 4.78 is 0. The van der Waals surface area contributed by atoms with Crippen LogP contribution in [0.15, 0.2) is 18.2 Å². The number of carbonyl (C=O) groups excluding carboxylic acids is 1. The van der Waals surface area contributed by atoms with Crippen LogP contribution < -0.4 is 5.32 Å². The van der Waals surface area contributed by atoms with Crippen molar-refractivity contribution in [1.29, 1.82) is 5.26 Å². The molecule has 0 aliphatic rings. The van der Waals surface area contributed by atoms with Gasteiger partial charge in [-0.1, -0.05) is 11.6 Å². The number of likely N-dealkylation sites (N-methyl/N-ethyl adjacent to an activating group) is 1. The fraction of sp³-hybridized carbons (Fsp3) is 0.385. The highest BCUT2D eigenvalue weighted by Crippen LogP contribution is 2.19. The first-order valence-corrected chi connectivity index (χ1v) is 6.21. The lowest BCUT2D eigenvalue weighted by Crippen LogP contribution is -2.35. The third-order valence-electron chi connectivity index (χ3n) is 2.65. The predicted octanol–water partition coefficient (Wildman–Crippen LogP) is 2.49. The molecular formula is C13H16ClN3O. The van der Waals surface area contributed by atoms with Crippen molar-refractivity contribution in [2.75, 3.05) is 25.0 Å². The summed E-state index contributed by atoms with van der Waals surface area (Å²) in [6.07, 6.45) is 0. The van der Waals surface area contributed by atoms with Gasteiger partial charge >= 0.3 is 0 Å². The highest BCUT2D eigenvalue weighted by Gasteiger charge is 2.09. The normalized spacial score (nSPS) is 9.67. The summed E-state index contributed by atoms with van der Waals surface area (Å²) >= 11 is 5.90. The Morgan fingerprint density at radius 1 is 1.44 bits per heavy atom. The molecule has 0 aliphatic carbocycles. The van der Waals surface area contributed by atoms with E-state index in [2.05, 4.69) is 5.32 Å². The summed E-state index contributed by atoms with van der Waals surface area (Å²) in [7, 11) is 0. The molecule has 96 valence electrons. The lowest BCUT2D eigenvalue weighted by Gasteiger charge is -2.19. The van der Waals surface area contributed by atoms with Crippen molar-refractivity contribution in [3.05, 3.63) is 28.8 Å². The molecule has 0 aliphatic heterocycles. The quantitative estimate of drug-likeness (QED) is 0.890. The minimum atomic E-state index is 0.0421. The third-order valence-corrected chi connectivity index (χ3v) is 2.96. The fourth-order valence-electron chi connectivity index (χ4n) is 1.58. The Morgan fingerprint density at radius 2 is 2.11 bits per heavy atom. The van der Waals surface area contributed by atoms with Crippen LogP contribution in [0.25, 0.3) is 0 Å². The minimum Gasteiger partial charge on any atom is -0.376 e. The monoisotopic (exact) mass is 265 g/mol. The van der Waals surface area contributed by atoms with Crippen molar-refractivity contribution in [2.45, 2.75) is 13.8 Å². The van der Waals surface area contributed by atoms with E-state index in [9.17, 15) is 4.79 Å². The average Bonchev–Trinajstić information content (AvgIpc) is 2.38. The Kier molecular flexibility index (Phi) is 5.47. The zero-order chi connectivity index (χ0) is 13.5. The molecule has 0 unspecified atom stereocenters. The largest absolute Gasteiger partial charge is 0.376 e. The number of rotatable bonds is 5. The number of nitrogens with zero attached hydrogens (tertiary/aromatic N) is 2. The molecule has 0 aromatic heterocycles. The van der Waals surface area contributed by atoms with E-state index in [-0.39, 0.29) is 12.5 Å². The number of nitrogens with one attached hydrogen (secondary N) is 1. The van der Waals surface area contributed by atoms with Crippen molar-refractivity contribution in [2.24, 2.45) is 0 Å². The van der Waals surface area contributed by atoms with Gasteiger partial charge in [0, 0.05) is 18.8 Å². The highest BCUT2D eigenvalue weighted by molar-refractivity contribution is 6.32. The Bertz CT molecular complexity index is 464. The molecule has 0 spiro atoms. The van der Waals surface area contributed by atoms with Crippen molar-refractivity contribution in [1.82, 2.24) is 4.90 Å². The molecule has 0 heterocycles. The Balaban J connectivity index is 2.62. The van der Waals surface area contributed by atoms with Gasteiger partial charge in [0.2, 0.25) is 5.91 Å². The molecular weight excluding hydrogens is 250 g/mol. The number of benzene rings is 1. The maximum absolute atomic E-state index is 11.8. The van der Waals surface area contributed by atoms with Crippen LogP contribution in [0.1, 0.15) is 19.4 Å². The van der Waals surface area contributed by atoms with Crippen LogP contribution in [0.2, 0.25) is 5.02 Å². The first-order chi connectivity index (χ1) is 8.62. The van der Waals surface area contributed by atoms with Crippen LogP contribution in [-0.2, 0) is 4.79 Å². The summed E-state index contributed by atoms with van der Waals surface area (Å²) in [4.78, 5) is 13.5. The van der Waals surface area contributed by atoms with E-state index < -0.39 is 0 Å². The number of nitriles is 1. The molecule has 5 heteroatoms. The first kappa shape index (κ1) is 14.3. The third kappa shape index (κ3) is 3.64. The Hall–Kier alpha value is -1.73. The van der Waals surface area contributed by atoms with Crippen LogP contribution in [0, 0.1) is 11.3 Å².